The Hall–Kier alpha value is -3.32. The van der Waals surface area contributed by atoms with Gasteiger partial charge in [0.05, 0.1) is 10.6 Å². The molecular formula is C17H11ClN4O3. The lowest BCUT2D eigenvalue weighted by atomic mass is 10.1. The van der Waals surface area contributed by atoms with Gasteiger partial charge in [-0.3, -0.25) is 14.9 Å². The molecule has 25 heavy (non-hydrogen) atoms. The van der Waals surface area contributed by atoms with E-state index in [1.54, 1.807) is 17.1 Å². The second kappa shape index (κ2) is 7.06. The number of allylic oxidation sites excluding steroid dienone is 1. The Balaban J connectivity index is 1.76. The molecule has 0 radical (unpaired) electrons. The van der Waals surface area contributed by atoms with Gasteiger partial charge in [0.1, 0.15) is 17.7 Å². The molecule has 0 fully saturated rings. The summed E-state index contributed by atoms with van der Waals surface area (Å²) < 4.78 is 1.62. The zero-order valence-corrected chi connectivity index (χ0v) is 13.5. The molecule has 1 aromatic heterocycles. The van der Waals surface area contributed by atoms with E-state index in [1.807, 2.05) is 24.3 Å². The monoisotopic (exact) mass is 354 g/mol. The molecule has 0 aliphatic heterocycles. The van der Waals surface area contributed by atoms with Gasteiger partial charge in [-0.2, -0.15) is 5.10 Å². The van der Waals surface area contributed by atoms with Crippen molar-refractivity contribution in [3.8, 4) is 5.69 Å². The number of nitro groups is 1. The number of benzene rings is 2. The first-order valence-electron chi connectivity index (χ1n) is 7.16. The molecule has 3 aromatic rings. The molecule has 2 aromatic carbocycles. The first-order chi connectivity index (χ1) is 12.0. The Bertz CT molecular complexity index is 951. The highest BCUT2D eigenvalue weighted by Crippen LogP contribution is 2.25. The zero-order valence-electron chi connectivity index (χ0n) is 12.7. The number of hydrogen-bond donors (Lipinski definition) is 0. The summed E-state index contributed by atoms with van der Waals surface area (Å²) in [5, 5.41) is 14.9. The maximum absolute atomic E-state index is 12.2. The quantitative estimate of drug-likeness (QED) is 0.301. The van der Waals surface area contributed by atoms with E-state index in [9.17, 15) is 14.9 Å². The van der Waals surface area contributed by atoms with Crippen LogP contribution in [0, 0.1) is 10.1 Å². The van der Waals surface area contributed by atoms with Crippen LogP contribution in [0.15, 0.2) is 61.2 Å². The molecule has 0 N–H and O–H groups in total. The van der Waals surface area contributed by atoms with Crippen LogP contribution < -0.4 is 0 Å². The lowest BCUT2D eigenvalue weighted by molar-refractivity contribution is -0.384. The van der Waals surface area contributed by atoms with Gasteiger partial charge >= 0.3 is 0 Å². The number of halogens is 1. The summed E-state index contributed by atoms with van der Waals surface area (Å²) in [5.74, 6) is -0.347. The van der Waals surface area contributed by atoms with Crippen molar-refractivity contribution in [2.24, 2.45) is 0 Å². The minimum absolute atomic E-state index is 0.00534. The predicted molar refractivity (Wildman–Crippen MR) is 92.8 cm³/mol. The SMILES string of the molecule is O=C(/C=C\c1ccc(-n2cncn2)cc1)c1ccc(Cl)c([N+](=O)[O-])c1. The minimum atomic E-state index is -0.619. The molecule has 0 saturated heterocycles. The first-order valence-corrected chi connectivity index (χ1v) is 7.54. The minimum Gasteiger partial charge on any atom is -0.289 e. The molecule has 124 valence electrons. The van der Waals surface area contributed by atoms with Crippen molar-refractivity contribution in [1.82, 2.24) is 14.8 Å². The van der Waals surface area contributed by atoms with Crippen LogP contribution in [0.2, 0.25) is 5.02 Å². The number of aromatic nitrogens is 3. The van der Waals surface area contributed by atoms with Crippen LogP contribution in [-0.4, -0.2) is 25.5 Å². The Morgan fingerprint density at radius 1 is 1.20 bits per heavy atom. The summed E-state index contributed by atoms with van der Waals surface area (Å²) in [6, 6.07) is 11.3. The second-order valence-corrected chi connectivity index (χ2v) is 5.46. The van der Waals surface area contributed by atoms with Crippen LogP contribution in [0.4, 0.5) is 5.69 Å². The molecule has 0 atom stereocenters. The van der Waals surface area contributed by atoms with Gasteiger partial charge in [0, 0.05) is 11.6 Å². The number of nitrogens with zero attached hydrogens (tertiary/aromatic N) is 4. The predicted octanol–water partition coefficient (Wildman–Crippen LogP) is 3.73. The summed E-state index contributed by atoms with van der Waals surface area (Å²) >= 11 is 5.74. The van der Waals surface area contributed by atoms with E-state index in [-0.39, 0.29) is 22.1 Å². The zero-order chi connectivity index (χ0) is 17.8. The van der Waals surface area contributed by atoms with Crippen LogP contribution >= 0.6 is 11.6 Å². The molecule has 7 nitrogen and oxygen atoms in total. The van der Waals surface area contributed by atoms with Crippen molar-refractivity contribution in [1.29, 1.82) is 0 Å². The van der Waals surface area contributed by atoms with E-state index in [0.717, 1.165) is 11.3 Å². The number of carbonyl (C=O) groups is 1. The molecule has 8 heteroatoms. The summed E-state index contributed by atoms with van der Waals surface area (Å²) in [6.45, 7) is 0. The van der Waals surface area contributed by atoms with E-state index < -0.39 is 4.92 Å². The standard InChI is InChI=1S/C17H11ClN4O3/c18-15-7-4-13(9-16(15)22(24)25)17(23)8-3-12-1-5-14(6-2-12)21-11-19-10-20-21/h1-11H/b8-3-. The number of hydrogen-bond acceptors (Lipinski definition) is 5. The van der Waals surface area contributed by atoms with E-state index >= 15 is 0 Å². The Kier molecular flexibility index (Phi) is 4.67. The lowest BCUT2D eigenvalue weighted by Gasteiger charge is -2.01. The van der Waals surface area contributed by atoms with E-state index in [2.05, 4.69) is 10.1 Å². The summed E-state index contributed by atoms with van der Waals surface area (Å²) in [6.07, 6.45) is 6.02. The highest BCUT2D eigenvalue weighted by Gasteiger charge is 2.14. The summed E-state index contributed by atoms with van der Waals surface area (Å²) in [5.41, 5.74) is 1.56. The third kappa shape index (κ3) is 3.78. The highest BCUT2D eigenvalue weighted by molar-refractivity contribution is 6.32. The largest absolute Gasteiger partial charge is 0.289 e. The van der Waals surface area contributed by atoms with Gasteiger partial charge in [0.15, 0.2) is 5.78 Å². The van der Waals surface area contributed by atoms with Gasteiger partial charge in [0.25, 0.3) is 5.69 Å². The van der Waals surface area contributed by atoms with Crippen LogP contribution in [0.1, 0.15) is 15.9 Å². The van der Waals surface area contributed by atoms with Gasteiger partial charge < -0.3 is 0 Å². The average molecular weight is 355 g/mol. The topological polar surface area (TPSA) is 90.9 Å². The fraction of sp³-hybridized carbons (Fsp3) is 0. The summed E-state index contributed by atoms with van der Waals surface area (Å²) in [4.78, 5) is 26.3. The van der Waals surface area contributed by atoms with Crippen LogP contribution in [-0.2, 0) is 0 Å². The molecule has 0 saturated carbocycles. The van der Waals surface area contributed by atoms with Crippen LogP contribution in [0.5, 0.6) is 0 Å². The maximum atomic E-state index is 12.2. The Morgan fingerprint density at radius 3 is 2.60 bits per heavy atom. The smallest absolute Gasteiger partial charge is 0.288 e. The van der Waals surface area contributed by atoms with Crippen molar-refractivity contribution in [3.05, 3.63) is 87.5 Å². The highest BCUT2D eigenvalue weighted by atomic mass is 35.5. The number of carbonyl (C=O) groups excluding carboxylic acids is 1. The normalized spacial score (nSPS) is 10.9. The summed E-state index contributed by atoms with van der Waals surface area (Å²) in [7, 11) is 0. The molecular weight excluding hydrogens is 344 g/mol. The van der Waals surface area contributed by atoms with E-state index in [4.69, 9.17) is 11.6 Å². The maximum Gasteiger partial charge on any atom is 0.288 e. The van der Waals surface area contributed by atoms with Crippen molar-refractivity contribution >= 4 is 29.1 Å². The van der Waals surface area contributed by atoms with Gasteiger partial charge in [-0.15, -0.1) is 0 Å². The second-order valence-electron chi connectivity index (χ2n) is 5.05. The molecule has 3 rings (SSSR count). The third-order valence-electron chi connectivity index (χ3n) is 3.43. The molecule has 0 bridgehead atoms. The van der Waals surface area contributed by atoms with Gasteiger partial charge in [-0.1, -0.05) is 29.8 Å². The third-order valence-corrected chi connectivity index (χ3v) is 3.75. The molecule has 1 heterocycles. The Morgan fingerprint density at radius 2 is 1.96 bits per heavy atom. The Labute approximate surface area is 147 Å². The number of rotatable bonds is 5. The molecule has 0 amide bonds. The van der Waals surface area contributed by atoms with E-state index in [1.165, 1.54) is 30.6 Å². The molecule has 0 aliphatic rings. The van der Waals surface area contributed by atoms with Crippen molar-refractivity contribution in [2.75, 3.05) is 0 Å². The van der Waals surface area contributed by atoms with Gasteiger partial charge in [0.2, 0.25) is 0 Å². The number of ketones is 1. The van der Waals surface area contributed by atoms with Crippen molar-refractivity contribution in [2.45, 2.75) is 0 Å². The number of nitro benzene ring substituents is 1. The molecule has 0 unspecified atom stereocenters. The van der Waals surface area contributed by atoms with Crippen LogP contribution in [0.3, 0.4) is 0 Å². The molecule has 0 aliphatic carbocycles. The first kappa shape index (κ1) is 16.5. The fourth-order valence-corrected chi connectivity index (χ4v) is 2.34. The molecule has 0 spiro atoms. The van der Waals surface area contributed by atoms with Gasteiger partial charge in [-0.25, -0.2) is 9.67 Å². The van der Waals surface area contributed by atoms with E-state index in [0.29, 0.717) is 0 Å². The fourth-order valence-electron chi connectivity index (χ4n) is 2.15. The van der Waals surface area contributed by atoms with Gasteiger partial charge in [-0.05, 0) is 35.9 Å². The van der Waals surface area contributed by atoms with Crippen molar-refractivity contribution in [3.63, 3.8) is 0 Å². The van der Waals surface area contributed by atoms with Crippen molar-refractivity contribution < 1.29 is 9.72 Å². The average Bonchev–Trinajstić information content (AvgIpc) is 3.15. The lowest BCUT2D eigenvalue weighted by Crippen LogP contribution is -1.97. The van der Waals surface area contributed by atoms with Crippen LogP contribution in [0.25, 0.3) is 11.8 Å².